The molecule has 0 saturated heterocycles. The minimum Gasteiger partial charge on any atom is -0.454 e. The highest BCUT2D eigenvalue weighted by Crippen LogP contribution is 2.37. The Bertz CT molecular complexity index is 1220. The molecule has 0 amide bonds. The van der Waals surface area contributed by atoms with Gasteiger partial charge in [-0.05, 0) is 32.0 Å². The minimum absolute atomic E-state index is 0.0305. The third-order valence-electron chi connectivity index (χ3n) is 4.21. The lowest BCUT2D eigenvalue weighted by Crippen LogP contribution is -2.14. The molecule has 0 fully saturated rings. The van der Waals surface area contributed by atoms with Crippen molar-refractivity contribution in [2.24, 2.45) is 10.1 Å². The van der Waals surface area contributed by atoms with Gasteiger partial charge in [-0.2, -0.15) is 5.10 Å². The minimum atomic E-state index is -0.473. The maximum absolute atomic E-state index is 11.5. The van der Waals surface area contributed by atoms with Gasteiger partial charge in [0.25, 0.3) is 5.69 Å². The molecule has 2 heterocycles. The van der Waals surface area contributed by atoms with E-state index in [2.05, 4.69) is 10.1 Å². The SMILES string of the molecule is CC(C)N=c1scc(-c2cccc(Cl)c2)n1N=Cc1cc2c(cc1[N+](=O)[O-])OCO2. The highest BCUT2D eigenvalue weighted by Gasteiger charge is 2.22. The van der Waals surface area contributed by atoms with Gasteiger partial charge in [0, 0.05) is 22.0 Å². The van der Waals surface area contributed by atoms with Gasteiger partial charge in [-0.25, -0.2) is 4.68 Å². The van der Waals surface area contributed by atoms with Crippen LogP contribution in [0.3, 0.4) is 0 Å². The summed E-state index contributed by atoms with van der Waals surface area (Å²) in [6, 6.07) is 10.3. The Morgan fingerprint density at radius 3 is 2.73 bits per heavy atom. The third-order valence-corrected chi connectivity index (χ3v) is 5.27. The monoisotopic (exact) mass is 444 g/mol. The number of nitro benzene ring substituents is 1. The zero-order valence-electron chi connectivity index (χ0n) is 16.1. The van der Waals surface area contributed by atoms with Crippen molar-refractivity contribution in [3.63, 3.8) is 0 Å². The third kappa shape index (κ3) is 4.07. The molecule has 1 aliphatic rings. The molecular formula is C20H17ClN4O4S. The van der Waals surface area contributed by atoms with E-state index in [-0.39, 0.29) is 18.5 Å². The van der Waals surface area contributed by atoms with Crippen LogP contribution in [0, 0.1) is 10.1 Å². The van der Waals surface area contributed by atoms with E-state index in [1.165, 1.54) is 23.6 Å². The van der Waals surface area contributed by atoms with Gasteiger partial charge in [0.05, 0.1) is 28.5 Å². The van der Waals surface area contributed by atoms with E-state index in [0.717, 1.165) is 11.3 Å². The number of halogens is 1. The van der Waals surface area contributed by atoms with E-state index in [1.807, 2.05) is 37.4 Å². The molecule has 1 aromatic heterocycles. The predicted octanol–water partition coefficient (Wildman–Crippen LogP) is 4.70. The summed E-state index contributed by atoms with van der Waals surface area (Å²) >= 11 is 7.58. The lowest BCUT2D eigenvalue weighted by Gasteiger charge is -2.05. The Labute approximate surface area is 180 Å². The molecule has 0 saturated carbocycles. The van der Waals surface area contributed by atoms with Crippen LogP contribution in [0.2, 0.25) is 5.02 Å². The average Bonchev–Trinajstić information content (AvgIpc) is 3.31. The fraction of sp³-hybridized carbons (Fsp3) is 0.200. The van der Waals surface area contributed by atoms with Crippen molar-refractivity contribution >= 4 is 34.8 Å². The van der Waals surface area contributed by atoms with E-state index >= 15 is 0 Å². The van der Waals surface area contributed by atoms with Gasteiger partial charge in [0.15, 0.2) is 11.5 Å². The zero-order chi connectivity index (χ0) is 21.3. The Balaban J connectivity index is 1.84. The van der Waals surface area contributed by atoms with Crippen molar-refractivity contribution in [3.8, 4) is 22.8 Å². The lowest BCUT2D eigenvalue weighted by atomic mass is 10.1. The smallest absolute Gasteiger partial charge is 0.282 e. The van der Waals surface area contributed by atoms with Crippen molar-refractivity contribution in [2.75, 3.05) is 6.79 Å². The molecule has 0 aliphatic carbocycles. The van der Waals surface area contributed by atoms with E-state index in [9.17, 15) is 10.1 Å². The van der Waals surface area contributed by atoms with Crippen LogP contribution in [0.15, 0.2) is 51.9 Å². The first-order valence-corrected chi connectivity index (χ1v) is 10.3. The number of hydrogen-bond acceptors (Lipinski definition) is 7. The average molecular weight is 445 g/mol. The molecule has 0 radical (unpaired) electrons. The van der Waals surface area contributed by atoms with Crippen LogP contribution in [-0.2, 0) is 0 Å². The number of fused-ring (bicyclic) bond motifs is 1. The van der Waals surface area contributed by atoms with E-state index in [1.54, 1.807) is 16.8 Å². The molecule has 0 spiro atoms. The molecule has 30 heavy (non-hydrogen) atoms. The van der Waals surface area contributed by atoms with Gasteiger partial charge in [-0.1, -0.05) is 23.7 Å². The van der Waals surface area contributed by atoms with Gasteiger partial charge in [0.2, 0.25) is 11.6 Å². The Hall–Kier alpha value is -3.17. The van der Waals surface area contributed by atoms with Gasteiger partial charge >= 0.3 is 0 Å². The summed E-state index contributed by atoms with van der Waals surface area (Å²) in [6.07, 6.45) is 1.43. The molecular weight excluding hydrogens is 428 g/mol. The molecule has 8 nitrogen and oxygen atoms in total. The Morgan fingerprint density at radius 2 is 2.03 bits per heavy atom. The standard InChI is InChI=1S/C20H17ClN4O4S/c1-12(2)23-20-24(17(10-30-20)13-4-3-5-15(21)6-13)22-9-14-7-18-19(29-11-28-18)8-16(14)25(26)27/h3-10,12H,11H2,1-2H3. The molecule has 0 N–H and O–H groups in total. The van der Waals surface area contributed by atoms with Crippen molar-refractivity contribution in [1.29, 1.82) is 0 Å². The molecule has 10 heteroatoms. The van der Waals surface area contributed by atoms with Gasteiger partial charge in [0.1, 0.15) is 0 Å². The summed E-state index contributed by atoms with van der Waals surface area (Å²) in [5, 5.41) is 18.6. The van der Waals surface area contributed by atoms with Crippen molar-refractivity contribution in [2.45, 2.75) is 19.9 Å². The number of thiazole rings is 1. The molecule has 4 rings (SSSR count). The largest absolute Gasteiger partial charge is 0.454 e. The summed E-state index contributed by atoms with van der Waals surface area (Å²) in [5.41, 5.74) is 1.82. The molecule has 2 aromatic carbocycles. The molecule has 0 atom stereocenters. The fourth-order valence-corrected chi connectivity index (χ4v) is 4.06. The number of nitrogens with zero attached hydrogens (tertiary/aromatic N) is 4. The molecule has 0 bridgehead atoms. The summed E-state index contributed by atoms with van der Waals surface area (Å²) < 4.78 is 12.2. The summed E-state index contributed by atoms with van der Waals surface area (Å²) in [5.74, 6) is 0.789. The second kappa shape index (κ2) is 8.29. The second-order valence-corrected chi connectivity index (χ2v) is 7.99. The first kappa shape index (κ1) is 20.1. The predicted molar refractivity (Wildman–Crippen MR) is 116 cm³/mol. The number of rotatable bonds is 5. The maximum atomic E-state index is 11.5. The molecule has 3 aromatic rings. The second-order valence-electron chi connectivity index (χ2n) is 6.71. The molecule has 0 unspecified atom stereocenters. The van der Waals surface area contributed by atoms with Crippen LogP contribution in [0.1, 0.15) is 19.4 Å². The van der Waals surface area contributed by atoms with Gasteiger partial charge in [-0.15, -0.1) is 11.3 Å². The lowest BCUT2D eigenvalue weighted by molar-refractivity contribution is -0.385. The Kier molecular flexibility index (Phi) is 5.56. The first-order valence-electron chi connectivity index (χ1n) is 9.05. The van der Waals surface area contributed by atoms with Crippen LogP contribution in [-0.4, -0.2) is 28.6 Å². The van der Waals surface area contributed by atoms with Crippen molar-refractivity contribution < 1.29 is 14.4 Å². The van der Waals surface area contributed by atoms with Crippen molar-refractivity contribution in [3.05, 3.63) is 67.3 Å². The number of benzene rings is 2. The highest BCUT2D eigenvalue weighted by molar-refractivity contribution is 7.07. The van der Waals surface area contributed by atoms with E-state index in [4.69, 9.17) is 21.1 Å². The number of ether oxygens (including phenoxy) is 2. The number of aromatic nitrogens is 1. The maximum Gasteiger partial charge on any atom is 0.282 e. The summed E-state index contributed by atoms with van der Waals surface area (Å²) in [4.78, 5) is 16.3. The normalized spacial score (nSPS) is 13.5. The van der Waals surface area contributed by atoms with Crippen LogP contribution < -0.4 is 14.3 Å². The molecule has 1 aliphatic heterocycles. The summed E-state index contributed by atoms with van der Waals surface area (Å²) in [7, 11) is 0. The zero-order valence-corrected chi connectivity index (χ0v) is 17.7. The van der Waals surface area contributed by atoms with Crippen LogP contribution >= 0.6 is 22.9 Å². The van der Waals surface area contributed by atoms with Crippen molar-refractivity contribution in [1.82, 2.24) is 4.68 Å². The first-order chi connectivity index (χ1) is 14.4. The molecule has 154 valence electrons. The van der Waals surface area contributed by atoms with Crippen LogP contribution in [0.25, 0.3) is 11.3 Å². The van der Waals surface area contributed by atoms with Crippen LogP contribution in [0.4, 0.5) is 5.69 Å². The quantitative estimate of drug-likeness (QED) is 0.324. The summed E-state index contributed by atoms with van der Waals surface area (Å²) in [6.45, 7) is 3.97. The Morgan fingerprint density at radius 1 is 1.27 bits per heavy atom. The van der Waals surface area contributed by atoms with Gasteiger partial charge < -0.3 is 9.47 Å². The van der Waals surface area contributed by atoms with Gasteiger partial charge in [-0.3, -0.25) is 15.1 Å². The fourth-order valence-electron chi connectivity index (χ4n) is 2.90. The van der Waals surface area contributed by atoms with E-state index in [0.29, 0.717) is 26.9 Å². The number of hydrogen-bond donors (Lipinski definition) is 0. The van der Waals surface area contributed by atoms with E-state index < -0.39 is 4.92 Å². The van der Waals surface area contributed by atoms with Crippen LogP contribution in [0.5, 0.6) is 11.5 Å². The topological polar surface area (TPSA) is 91.2 Å². The number of nitro groups is 1. The highest BCUT2D eigenvalue weighted by atomic mass is 35.5.